The van der Waals surface area contributed by atoms with Gasteiger partial charge in [-0.3, -0.25) is 0 Å². The zero-order valence-corrected chi connectivity index (χ0v) is 13.8. The summed E-state index contributed by atoms with van der Waals surface area (Å²) in [6.07, 6.45) is 2.04. The molecule has 1 aliphatic carbocycles. The standard InChI is InChI=1S/C17H24F2N2O2/c1-17(2,3)23-16(22)21-14-6-5-13(9-14)20-10-11-8-12(18)4-7-15(11)19/h4,7-8,13-14,20H,5-6,9-10H2,1-3H3,(H,21,22). The monoisotopic (exact) mass is 326 g/mol. The lowest BCUT2D eigenvalue weighted by Gasteiger charge is -2.22. The van der Waals surface area contributed by atoms with Crippen LogP contribution in [0.2, 0.25) is 0 Å². The summed E-state index contributed by atoms with van der Waals surface area (Å²) in [6.45, 7) is 5.73. The van der Waals surface area contributed by atoms with Crippen LogP contribution in [-0.4, -0.2) is 23.8 Å². The van der Waals surface area contributed by atoms with E-state index in [4.69, 9.17) is 4.74 Å². The van der Waals surface area contributed by atoms with Crippen LogP contribution in [0.1, 0.15) is 45.6 Å². The van der Waals surface area contributed by atoms with Gasteiger partial charge in [-0.2, -0.15) is 0 Å². The van der Waals surface area contributed by atoms with Crippen LogP contribution in [0.3, 0.4) is 0 Å². The zero-order chi connectivity index (χ0) is 17.0. The fourth-order valence-corrected chi connectivity index (χ4v) is 2.71. The van der Waals surface area contributed by atoms with Crippen molar-refractivity contribution < 1.29 is 18.3 Å². The van der Waals surface area contributed by atoms with Crippen LogP contribution in [0.4, 0.5) is 13.6 Å². The molecule has 128 valence electrons. The van der Waals surface area contributed by atoms with Gasteiger partial charge in [0.2, 0.25) is 0 Å². The topological polar surface area (TPSA) is 50.4 Å². The molecule has 0 bridgehead atoms. The number of alkyl carbamates (subject to hydrolysis) is 1. The Balaban J connectivity index is 1.77. The van der Waals surface area contributed by atoms with E-state index in [1.807, 2.05) is 20.8 Å². The normalized spacial score (nSPS) is 21.3. The van der Waals surface area contributed by atoms with Gasteiger partial charge in [-0.15, -0.1) is 0 Å². The van der Waals surface area contributed by atoms with E-state index in [0.717, 1.165) is 31.4 Å². The smallest absolute Gasteiger partial charge is 0.407 e. The first kappa shape index (κ1) is 17.7. The van der Waals surface area contributed by atoms with Gasteiger partial charge in [0.25, 0.3) is 0 Å². The Morgan fingerprint density at radius 2 is 1.96 bits per heavy atom. The van der Waals surface area contributed by atoms with Gasteiger partial charge in [0.05, 0.1) is 0 Å². The Morgan fingerprint density at radius 3 is 2.65 bits per heavy atom. The lowest BCUT2D eigenvalue weighted by Crippen LogP contribution is -2.39. The van der Waals surface area contributed by atoms with E-state index < -0.39 is 23.3 Å². The van der Waals surface area contributed by atoms with Crippen molar-refractivity contribution in [3.8, 4) is 0 Å². The van der Waals surface area contributed by atoms with Crippen LogP contribution in [0.25, 0.3) is 0 Å². The van der Waals surface area contributed by atoms with Crippen LogP contribution in [0.5, 0.6) is 0 Å². The van der Waals surface area contributed by atoms with Crippen LogP contribution in [0.15, 0.2) is 18.2 Å². The molecule has 1 aromatic carbocycles. The number of hydrogen-bond acceptors (Lipinski definition) is 3. The summed E-state index contributed by atoms with van der Waals surface area (Å²) in [4.78, 5) is 11.7. The molecule has 0 saturated heterocycles. The minimum atomic E-state index is -0.519. The first-order chi connectivity index (χ1) is 10.7. The molecular formula is C17H24F2N2O2. The molecule has 2 N–H and O–H groups in total. The number of amides is 1. The summed E-state index contributed by atoms with van der Waals surface area (Å²) in [6, 6.07) is 3.65. The molecule has 1 aliphatic rings. The van der Waals surface area contributed by atoms with Crippen LogP contribution in [-0.2, 0) is 11.3 Å². The van der Waals surface area contributed by atoms with Crippen LogP contribution < -0.4 is 10.6 Å². The summed E-state index contributed by atoms with van der Waals surface area (Å²) >= 11 is 0. The SMILES string of the molecule is CC(C)(C)OC(=O)NC1CCC(NCc2cc(F)ccc2F)C1. The average Bonchev–Trinajstić information content (AvgIpc) is 2.85. The van der Waals surface area contributed by atoms with Gasteiger partial charge >= 0.3 is 6.09 Å². The second kappa shape index (κ2) is 7.25. The molecule has 2 atom stereocenters. The molecule has 0 radical (unpaired) electrons. The summed E-state index contributed by atoms with van der Waals surface area (Å²) in [5, 5.41) is 6.07. The van der Waals surface area contributed by atoms with E-state index in [9.17, 15) is 13.6 Å². The predicted octanol–water partition coefficient (Wildman–Crippen LogP) is 3.50. The Hall–Kier alpha value is -1.69. The summed E-state index contributed by atoms with van der Waals surface area (Å²) < 4.78 is 31.9. The van der Waals surface area contributed by atoms with Gasteiger partial charge in [0, 0.05) is 24.2 Å². The molecule has 1 aromatic rings. The summed E-state index contributed by atoms with van der Waals surface area (Å²) in [7, 11) is 0. The molecule has 4 nitrogen and oxygen atoms in total. The highest BCUT2D eigenvalue weighted by Crippen LogP contribution is 2.21. The Labute approximate surface area is 135 Å². The molecule has 2 rings (SSSR count). The Morgan fingerprint density at radius 1 is 1.26 bits per heavy atom. The van der Waals surface area contributed by atoms with Crippen molar-refractivity contribution in [1.82, 2.24) is 10.6 Å². The van der Waals surface area contributed by atoms with E-state index >= 15 is 0 Å². The van der Waals surface area contributed by atoms with Gasteiger partial charge in [0.15, 0.2) is 0 Å². The molecule has 2 unspecified atom stereocenters. The number of hydrogen-bond donors (Lipinski definition) is 2. The van der Waals surface area contributed by atoms with Gasteiger partial charge in [-0.1, -0.05) is 0 Å². The molecule has 1 saturated carbocycles. The van der Waals surface area contributed by atoms with Gasteiger partial charge in [0.1, 0.15) is 17.2 Å². The second-order valence-electron chi connectivity index (χ2n) is 6.97. The maximum atomic E-state index is 13.6. The third kappa shape index (κ3) is 5.78. The molecule has 1 amide bonds. The second-order valence-corrected chi connectivity index (χ2v) is 6.97. The molecule has 0 aromatic heterocycles. The summed E-state index contributed by atoms with van der Waals surface area (Å²) in [5.41, 5.74) is -0.205. The fourth-order valence-electron chi connectivity index (χ4n) is 2.71. The quantitative estimate of drug-likeness (QED) is 0.890. The highest BCUT2D eigenvalue weighted by Gasteiger charge is 2.27. The molecular weight excluding hydrogens is 302 g/mol. The van der Waals surface area contributed by atoms with Crippen molar-refractivity contribution in [2.24, 2.45) is 0 Å². The number of nitrogens with one attached hydrogen (secondary N) is 2. The third-order valence-electron chi connectivity index (χ3n) is 3.74. The lowest BCUT2D eigenvalue weighted by atomic mass is 10.1. The molecule has 1 fully saturated rings. The molecule has 23 heavy (non-hydrogen) atoms. The predicted molar refractivity (Wildman–Crippen MR) is 84.0 cm³/mol. The number of carbonyl (C=O) groups excluding carboxylic acids is 1. The zero-order valence-electron chi connectivity index (χ0n) is 13.8. The van der Waals surface area contributed by atoms with Crippen molar-refractivity contribution >= 4 is 6.09 Å². The maximum absolute atomic E-state index is 13.6. The third-order valence-corrected chi connectivity index (χ3v) is 3.74. The Bertz CT molecular complexity index is 558. The molecule has 6 heteroatoms. The van der Waals surface area contributed by atoms with E-state index in [-0.39, 0.29) is 18.6 Å². The number of ether oxygens (including phenoxy) is 1. The van der Waals surface area contributed by atoms with Crippen LogP contribution in [0, 0.1) is 11.6 Å². The number of benzene rings is 1. The van der Waals surface area contributed by atoms with E-state index in [2.05, 4.69) is 10.6 Å². The average molecular weight is 326 g/mol. The van der Waals surface area contributed by atoms with Crippen molar-refractivity contribution in [3.63, 3.8) is 0 Å². The van der Waals surface area contributed by atoms with Gasteiger partial charge in [-0.25, -0.2) is 13.6 Å². The molecule has 0 aliphatic heterocycles. The first-order valence-electron chi connectivity index (χ1n) is 7.90. The van der Waals surface area contributed by atoms with Crippen LogP contribution >= 0.6 is 0 Å². The van der Waals surface area contributed by atoms with Crippen molar-refractivity contribution in [3.05, 3.63) is 35.4 Å². The number of rotatable bonds is 4. The van der Waals surface area contributed by atoms with E-state index in [1.54, 1.807) is 0 Å². The maximum Gasteiger partial charge on any atom is 0.407 e. The molecule has 0 spiro atoms. The number of halogens is 2. The van der Waals surface area contributed by atoms with Crippen molar-refractivity contribution in [1.29, 1.82) is 0 Å². The number of carbonyl (C=O) groups is 1. The molecule has 0 heterocycles. The van der Waals surface area contributed by atoms with Crippen molar-refractivity contribution in [2.45, 2.75) is 64.3 Å². The minimum absolute atomic E-state index is 0.0414. The Kier molecular flexibility index (Phi) is 5.57. The fraction of sp³-hybridized carbons (Fsp3) is 0.588. The van der Waals surface area contributed by atoms with Gasteiger partial charge in [-0.05, 0) is 58.2 Å². The van der Waals surface area contributed by atoms with E-state index in [1.165, 1.54) is 6.07 Å². The lowest BCUT2D eigenvalue weighted by molar-refractivity contribution is 0.0505. The highest BCUT2D eigenvalue weighted by atomic mass is 19.1. The largest absolute Gasteiger partial charge is 0.444 e. The van der Waals surface area contributed by atoms with Crippen molar-refractivity contribution in [2.75, 3.05) is 0 Å². The minimum Gasteiger partial charge on any atom is -0.444 e. The first-order valence-corrected chi connectivity index (χ1v) is 7.90. The van der Waals surface area contributed by atoms with Gasteiger partial charge < -0.3 is 15.4 Å². The highest BCUT2D eigenvalue weighted by molar-refractivity contribution is 5.68. The summed E-state index contributed by atoms with van der Waals surface area (Å²) in [5.74, 6) is -0.862. The van der Waals surface area contributed by atoms with E-state index in [0.29, 0.717) is 5.56 Å².